The van der Waals surface area contributed by atoms with Gasteiger partial charge in [0.2, 0.25) is 0 Å². The number of ether oxygens (including phenoxy) is 1. The van der Waals surface area contributed by atoms with Crippen LogP contribution in [0.5, 0.6) is 0 Å². The van der Waals surface area contributed by atoms with Crippen LogP contribution in [-0.2, 0) is 16.0 Å². The second-order valence-electron chi connectivity index (χ2n) is 4.50. The van der Waals surface area contributed by atoms with E-state index in [-0.39, 0.29) is 10.6 Å². The molecule has 0 radical (unpaired) electrons. The Kier molecular flexibility index (Phi) is 6.06. The van der Waals surface area contributed by atoms with Crippen LogP contribution in [0.3, 0.4) is 0 Å². The lowest BCUT2D eigenvalue weighted by Crippen LogP contribution is -2.30. The quantitative estimate of drug-likeness (QED) is 0.636. The van der Waals surface area contributed by atoms with Gasteiger partial charge in [0, 0.05) is 11.4 Å². The lowest BCUT2D eigenvalue weighted by Gasteiger charge is -2.07. The highest BCUT2D eigenvalue weighted by atomic mass is 35.5. The normalized spacial score (nSPS) is 10.4. The van der Waals surface area contributed by atoms with E-state index in [1.54, 1.807) is 11.3 Å². The largest absolute Gasteiger partial charge is 0.452 e. The molecule has 2 rings (SSSR count). The summed E-state index contributed by atoms with van der Waals surface area (Å²) in [5.41, 5.74) is -0.336. The number of esters is 1. The van der Waals surface area contributed by atoms with E-state index in [4.69, 9.17) is 16.3 Å². The van der Waals surface area contributed by atoms with Crippen LogP contribution in [0.15, 0.2) is 29.6 Å². The Morgan fingerprint density at radius 1 is 1.26 bits per heavy atom. The van der Waals surface area contributed by atoms with E-state index in [9.17, 15) is 18.4 Å². The number of thiophene rings is 1. The van der Waals surface area contributed by atoms with Gasteiger partial charge in [-0.3, -0.25) is 4.79 Å². The molecule has 0 aliphatic heterocycles. The zero-order valence-electron chi connectivity index (χ0n) is 11.8. The van der Waals surface area contributed by atoms with Gasteiger partial charge in [0.25, 0.3) is 5.91 Å². The first-order chi connectivity index (χ1) is 11.0. The summed E-state index contributed by atoms with van der Waals surface area (Å²) in [7, 11) is 0. The van der Waals surface area contributed by atoms with Gasteiger partial charge in [-0.25, -0.2) is 13.6 Å². The Labute approximate surface area is 140 Å². The van der Waals surface area contributed by atoms with Gasteiger partial charge in [0.05, 0.1) is 10.6 Å². The van der Waals surface area contributed by atoms with Crippen molar-refractivity contribution in [2.75, 3.05) is 13.2 Å². The van der Waals surface area contributed by atoms with Crippen LogP contribution in [0, 0.1) is 11.6 Å². The molecule has 0 aliphatic carbocycles. The molecule has 0 aliphatic rings. The van der Waals surface area contributed by atoms with Crippen LogP contribution in [0.4, 0.5) is 8.78 Å². The molecule has 4 nitrogen and oxygen atoms in total. The van der Waals surface area contributed by atoms with Crippen LogP contribution in [0.2, 0.25) is 5.02 Å². The summed E-state index contributed by atoms with van der Waals surface area (Å²) < 4.78 is 30.7. The third kappa shape index (κ3) is 5.01. The molecule has 1 N–H and O–H groups in total. The van der Waals surface area contributed by atoms with Gasteiger partial charge in [-0.15, -0.1) is 11.3 Å². The Hall–Kier alpha value is -1.99. The number of benzene rings is 1. The SMILES string of the molecule is O=C(COC(=O)c1cc(F)c(F)cc1Cl)NCCc1cccs1. The zero-order valence-corrected chi connectivity index (χ0v) is 13.3. The Balaban J connectivity index is 1.79. The highest BCUT2D eigenvalue weighted by Gasteiger charge is 2.17. The van der Waals surface area contributed by atoms with Gasteiger partial charge >= 0.3 is 5.97 Å². The lowest BCUT2D eigenvalue weighted by atomic mass is 10.2. The highest BCUT2D eigenvalue weighted by molar-refractivity contribution is 7.09. The van der Waals surface area contributed by atoms with Crippen LogP contribution >= 0.6 is 22.9 Å². The number of hydrogen-bond acceptors (Lipinski definition) is 4. The molecule has 23 heavy (non-hydrogen) atoms. The summed E-state index contributed by atoms with van der Waals surface area (Å²) in [6, 6.07) is 5.17. The summed E-state index contributed by atoms with van der Waals surface area (Å²) in [5.74, 6) is -3.88. The molecule has 0 fully saturated rings. The third-order valence-electron chi connectivity index (χ3n) is 2.84. The molecule has 8 heteroatoms. The number of carbonyl (C=O) groups excluding carboxylic acids is 2. The monoisotopic (exact) mass is 359 g/mol. The van der Waals surface area contributed by atoms with Crippen molar-refractivity contribution in [2.24, 2.45) is 0 Å². The molecule has 1 aromatic carbocycles. The summed E-state index contributed by atoms with van der Waals surface area (Å²) >= 11 is 7.22. The second-order valence-corrected chi connectivity index (χ2v) is 5.94. The van der Waals surface area contributed by atoms with Gasteiger partial charge in [0.15, 0.2) is 18.2 Å². The molecular weight excluding hydrogens is 348 g/mol. The molecule has 1 heterocycles. The maximum Gasteiger partial charge on any atom is 0.340 e. The molecule has 0 saturated carbocycles. The number of amides is 1. The maximum absolute atomic E-state index is 13.1. The third-order valence-corrected chi connectivity index (χ3v) is 4.09. The first-order valence-electron chi connectivity index (χ1n) is 6.58. The lowest BCUT2D eigenvalue weighted by molar-refractivity contribution is -0.124. The molecular formula is C15H12ClF2NO3S. The molecule has 0 atom stereocenters. The van der Waals surface area contributed by atoms with Crippen molar-refractivity contribution in [3.05, 3.63) is 56.7 Å². The van der Waals surface area contributed by atoms with Crippen LogP contribution < -0.4 is 5.32 Å². The van der Waals surface area contributed by atoms with Gasteiger partial charge in [-0.05, 0) is 30.0 Å². The van der Waals surface area contributed by atoms with E-state index in [0.29, 0.717) is 25.1 Å². The fourth-order valence-corrected chi connectivity index (χ4v) is 2.66. The van der Waals surface area contributed by atoms with Crippen LogP contribution in [0.1, 0.15) is 15.2 Å². The molecule has 1 amide bonds. The van der Waals surface area contributed by atoms with E-state index in [0.717, 1.165) is 4.88 Å². The average Bonchev–Trinajstić information content (AvgIpc) is 3.02. The van der Waals surface area contributed by atoms with E-state index < -0.39 is 30.1 Å². The molecule has 2 aromatic rings. The minimum absolute atomic E-state index is 0.285. The number of halogens is 3. The van der Waals surface area contributed by atoms with E-state index >= 15 is 0 Å². The number of nitrogens with one attached hydrogen (secondary N) is 1. The van der Waals surface area contributed by atoms with Crippen molar-refractivity contribution in [1.82, 2.24) is 5.32 Å². The van der Waals surface area contributed by atoms with Gasteiger partial charge in [-0.2, -0.15) is 0 Å². The molecule has 122 valence electrons. The Morgan fingerprint density at radius 2 is 2.00 bits per heavy atom. The topological polar surface area (TPSA) is 55.4 Å². The standard InChI is InChI=1S/C15H12ClF2NO3S/c16-11-7-13(18)12(17)6-10(11)15(21)22-8-14(20)19-4-3-9-2-1-5-23-9/h1-2,5-7H,3-4,8H2,(H,19,20). The highest BCUT2D eigenvalue weighted by Crippen LogP contribution is 2.20. The molecule has 1 aromatic heterocycles. The van der Waals surface area contributed by atoms with Crippen molar-refractivity contribution in [3.63, 3.8) is 0 Å². The molecule has 0 saturated heterocycles. The summed E-state index contributed by atoms with van der Waals surface area (Å²) in [4.78, 5) is 24.4. The minimum atomic E-state index is -1.22. The van der Waals surface area contributed by atoms with Crippen molar-refractivity contribution < 1.29 is 23.1 Å². The first-order valence-corrected chi connectivity index (χ1v) is 7.84. The maximum atomic E-state index is 13.1. The predicted octanol–water partition coefficient (Wildman–Crippen LogP) is 3.20. The van der Waals surface area contributed by atoms with Gasteiger partial charge in [-0.1, -0.05) is 17.7 Å². The summed E-state index contributed by atoms with van der Waals surface area (Å²) in [6.07, 6.45) is 0.673. The zero-order chi connectivity index (χ0) is 16.8. The first kappa shape index (κ1) is 17.4. The fraction of sp³-hybridized carbons (Fsp3) is 0.200. The minimum Gasteiger partial charge on any atom is -0.452 e. The number of rotatable bonds is 6. The number of hydrogen-bond donors (Lipinski definition) is 1. The van der Waals surface area contributed by atoms with E-state index in [1.165, 1.54) is 0 Å². The average molecular weight is 360 g/mol. The van der Waals surface area contributed by atoms with Crippen LogP contribution in [0.25, 0.3) is 0 Å². The smallest absolute Gasteiger partial charge is 0.340 e. The van der Waals surface area contributed by atoms with E-state index in [2.05, 4.69) is 5.32 Å². The molecule has 0 spiro atoms. The fourth-order valence-electron chi connectivity index (χ4n) is 1.72. The van der Waals surface area contributed by atoms with Crippen molar-refractivity contribution >= 4 is 34.8 Å². The molecule has 0 bridgehead atoms. The summed E-state index contributed by atoms with van der Waals surface area (Å²) in [6.45, 7) is -0.124. The van der Waals surface area contributed by atoms with Crippen LogP contribution in [-0.4, -0.2) is 25.0 Å². The second kappa shape index (κ2) is 8.03. The van der Waals surface area contributed by atoms with Crippen molar-refractivity contribution in [2.45, 2.75) is 6.42 Å². The Morgan fingerprint density at radius 3 is 2.70 bits per heavy atom. The Bertz CT molecular complexity index is 707. The van der Waals surface area contributed by atoms with Gasteiger partial charge < -0.3 is 10.1 Å². The molecule has 0 unspecified atom stereocenters. The summed E-state index contributed by atoms with van der Waals surface area (Å²) in [5, 5.41) is 4.24. The van der Waals surface area contributed by atoms with Crippen molar-refractivity contribution in [1.29, 1.82) is 0 Å². The van der Waals surface area contributed by atoms with Gasteiger partial charge in [0.1, 0.15) is 0 Å². The van der Waals surface area contributed by atoms with E-state index in [1.807, 2.05) is 17.5 Å². The number of carbonyl (C=O) groups is 2. The predicted molar refractivity (Wildman–Crippen MR) is 82.7 cm³/mol. The van der Waals surface area contributed by atoms with Crippen molar-refractivity contribution in [3.8, 4) is 0 Å².